The van der Waals surface area contributed by atoms with Crippen LogP contribution in [0.15, 0.2) is 54.6 Å². The molecule has 29 heavy (non-hydrogen) atoms. The molecule has 1 saturated heterocycles. The molecule has 0 spiro atoms. The van der Waals surface area contributed by atoms with Crippen LogP contribution >= 0.6 is 0 Å². The zero-order valence-electron chi connectivity index (χ0n) is 15.7. The Morgan fingerprint density at radius 2 is 1.79 bits per heavy atom. The number of hydrogen-bond acceptors (Lipinski definition) is 4. The fourth-order valence-electron chi connectivity index (χ4n) is 3.22. The topological polar surface area (TPSA) is 67.4 Å². The molecule has 0 bridgehead atoms. The molecule has 1 aliphatic rings. The van der Waals surface area contributed by atoms with Crippen molar-refractivity contribution in [3.8, 4) is 5.75 Å². The molecule has 1 fully saturated rings. The Morgan fingerprint density at radius 3 is 2.38 bits per heavy atom. The van der Waals surface area contributed by atoms with E-state index in [0.29, 0.717) is 6.54 Å². The molecule has 3 rings (SSSR count). The molecule has 1 heterocycles. The van der Waals surface area contributed by atoms with Gasteiger partial charge in [-0.3, -0.25) is 0 Å². The minimum absolute atomic E-state index is 0.0504. The van der Waals surface area contributed by atoms with Crippen molar-refractivity contribution >= 4 is 10.0 Å². The van der Waals surface area contributed by atoms with Gasteiger partial charge in [-0.25, -0.2) is 13.1 Å². The minimum atomic E-state index is -4.43. The summed E-state index contributed by atoms with van der Waals surface area (Å²) in [6, 6.07) is 13.4. The second-order valence-corrected chi connectivity index (χ2v) is 8.87. The standard InChI is InChI=1S/C20H23F3N2O3S/c21-20(22,23)17-6-8-18(9-7-17)28-19(16-10-11-24-13-16)14-29(26,27)25-12-15-4-2-1-3-5-15/h1-9,16,19,24-25H,10-14H2/t16?,19-/m1/s1. The molecule has 2 atom stereocenters. The van der Waals surface area contributed by atoms with Gasteiger partial charge in [-0.05, 0) is 42.8 Å². The highest BCUT2D eigenvalue weighted by molar-refractivity contribution is 7.89. The van der Waals surface area contributed by atoms with E-state index in [1.165, 1.54) is 12.1 Å². The molecule has 5 nitrogen and oxygen atoms in total. The van der Waals surface area contributed by atoms with Gasteiger partial charge in [-0.15, -0.1) is 0 Å². The lowest BCUT2D eigenvalue weighted by molar-refractivity contribution is -0.137. The molecule has 0 amide bonds. The number of alkyl halides is 3. The molecule has 0 radical (unpaired) electrons. The van der Waals surface area contributed by atoms with Crippen LogP contribution in [0.5, 0.6) is 5.75 Å². The van der Waals surface area contributed by atoms with Crippen LogP contribution in [0.4, 0.5) is 13.2 Å². The number of hydrogen-bond donors (Lipinski definition) is 2. The molecule has 2 aromatic carbocycles. The molecule has 0 saturated carbocycles. The van der Waals surface area contributed by atoms with Crippen LogP contribution in [-0.2, 0) is 22.7 Å². The highest BCUT2D eigenvalue weighted by Gasteiger charge is 2.32. The second kappa shape index (κ2) is 9.15. The van der Waals surface area contributed by atoms with Crippen LogP contribution in [0.1, 0.15) is 17.5 Å². The largest absolute Gasteiger partial charge is 0.489 e. The number of ether oxygens (including phenoxy) is 1. The van der Waals surface area contributed by atoms with Crippen molar-refractivity contribution in [2.24, 2.45) is 5.92 Å². The molecule has 9 heteroatoms. The fourth-order valence-corrected chi connectivity index (χ4v) is 4.50. The Labute approximate surface area is 168 Å². The van der Waals surface area contributed by atoms with E-state index in [1.54, 1.807) is 0 Å². The third kappa shape index (κ3) is 6.45. The average molecular weight is 428 g/mol. The lowest BCUT2D eigenvalue weighted by atomic mass is 10.0. The Kier molecular flexibility index (Phi) is 6.81. The van der Waals surface area contributed by atoms with E-state index in [4.69, 9.17) is 4.74 Å². The first kappa shape index (κ1) is 21.6. The van der Waals surface area contributed by atoms with Crippen molar-refractivity contribution in [1.82, 2.24) is 10.0 Å². The Balaban J connectivity index is 1.68. The van der Waals surface area contributed by atoms with E-state index in [9.17, 15) is 21.6 Å². The third-order valence-electron chi connectivity index (χ3n) is 4.82. The Bertz CT molecular complexity index is 881. The highest BCUT2D eigenvalue weighted by Crippen LogP contribution is 2.31. The van der Waals surface area contributed by atoms with Crippen molar-refractivity contribution < 1.29 is 26.3 Å². The van der Waals surface area contributed by atoms with Crippen molar-refractivity contribution in [1.29, 1.82) is 0 Å². The SMILES string of the molecule is O=S(=O)(C[C@@H](Oc1ccc(C(F)(F)F)cc1)C1CCNC1)NCc1ccccc1. The summed E-state index contributed by atoms with van der Waals surface area (Å²) in [5.41, 5.74) is 0.0555. The monoisotopic (exact) mass is 428 g/mol. The van der Waals surface area contributed by atoms with E-state index in [0.717, 1.165) is 30.7 Å². The molecular weight excluding hydrogens is 405 g/mol. The number of nitrogens with one attached hydrogen (secondary N) is 2. The molecule has 0 aromatic heterocycles. The van der Waals surface area contributed by atoms with Gasteiger partial charge < -0.3 is 10.1 Å². The summed E-state index contributed by atoms with van der Waals surface area (Å²) in [6.45, 7) is 1.51. The maximum absolute atomic E-state index is 12.7. The van der Waals surface area contributed by atoms with Gasteiger partial charge in [-0.2, -0.15) is 13.2 Å². The van der Waals surface area contributed by atoms with Crippen LogP contribution in [0, 0.1) is 5.92 Å². The van der Waals surface area contributed by atoms with E-state index in [1.807, 2.05) is 30.3 Å². The first-order valence-electron chi connectivity index (χ1n) is 9.29. The summed E-state index contributed by atoms with van der Waals surface area (Å²) in [4.78, 5) is 0. The first-order chi connectivity index (χ1) is 13.7. The van der Waals surface area contributed by atoms with E-state index in [2.05, 4.69) is 10.0 Å². The van der Waals surface area contributed by atoms with Gasteiger partial charge in [-0.1, -0.05) is 30.3 Å². The predicted octanol–water partition coefficient (Wildman–Crippen LogP) is 3.18. The normalized spacial score (nSPS) is 18.5. The summed E-state index contributed by atoms with van der Waals surface area (Å²) in [6.07, 6.45) is -4.37. The number of halogens is 3. The van der Waals surface area contributed by atoms with Gasteiger partial charge in [0.2, 0.25) is 10.0 Å². The van der Waals surface area contributed by atoms with E-state index in [-0.39, 0.29) is 24.0 Å². The smallest absolute Gasteiger partial charge is 0.416 e. The first-order valence-corrected chi connectivity index (χ1v) is 10.9. The van der Waals surface area contributed by atoms with Gasteiger partial charge in [0.25, 0.3) is 0 Å². The zero-order valence-corrected chi connectivity index (χ0v) is 16.5. The van der Waals surface area contributed by atoms with Crippen LogP contribution in [0.2, 0.25) is 0 Å². The molecule has 1 unspecified atom stereocenters. The van der Waals surface area contributed by atoms with Crippen molar-refractivity contribution in [2.75, 3.05) is 18.8 Å². The number of benzene rings is 2. The highest BCUT2D eigenvalue weighted by atomic mass is 32.2. The van der Waals surface area contributed by atoms with Crippen molar-refractivity contribution in [2.45, 2.75) is 25.2 Å². The lowest BCUT2D eigenvalue weighted by Crippen LogP contribution is -2.39. The molecular formula is C20H23F3N2O3S. The number of sulfonamides is 1. The average Bonchev–Trinajstić information content (AvgIpc) is 3.21. The van der Waals surface area contributed by atoms with Gasteiger partial charge in [0.1, 0.15) is 17.6 Å². The van der Waals surface area contributed by atoms with Gasteiger partial charge >= 0.3 is 6.18 Å². The summed E-state index contributed by atoms with van der Waals surface area (Å²) in [5, 5.41) is 3.17. The maximum atomic E-state index is 12.7. The van der Waals surface area contributed by atoms with E-state index >= 15 is 0 Å². The van der Waals surface area contributed by atoms with Crippen LogP contribution in [0.3, 0.4) is 0 Å². The number of rotatable bonds is 8. The lowest BCUT2D eigenvalue weighted by Gasteiger charge is -2.24. The summed E-state index contributed by atoms with van der Waals surface area (Å²) in [7, 11) is -3.65. The Hall–Kier alpha value is -2.10. The predicted molar refractivity (Wildman–Crippen MR) is 104 cm³/mol. The third-order valence-corrected chi connectivity index (χ3v) is 6.17. The van der Waals surface area contributed by atoms with E-state index < -0.39 is 27.9 Å². The quantitative estimate of drug-likeness (QED) is 0.678. The minimum Gasteiger partial charge on any atom is -0.489 e. The Morgan fingerprint density at radius 1 is 1.10 bits per heavy atom. The van der Waals surface area contributed by atoms with Crippen molar-refractivity contribution in [3.63, 3.8) is 0 Å². The molecule has 0 aliphatic carbocycles. The van der Waals surface area contributed by atoms with Gasteiger partial charge in [0.15, 0.2) is 0 Å². The molecule has 158 valence electrons. The van der Waals surface area contributed by atoms with Crippen molar-refractivity contribution in [3.05, 3.63) is 65.7 Å². The van der Waals surface area contributed by atoms with Gasteiger partial charge in [0, 0.05) is 19.0 Å². The molecule has 1 aliphatic heterocycles. The van der Waals surface area contributed by atoms with Crippen LogP contribution in [-0.4, -0.2) is 33.4 Å². The fraction of sp³-hybridized carbons (Fsp3) is 0.400. The summed E-state index contributed by atoms with van der Waals surface area (Å²) >= 11 is 0. The van der Waals surface area contributed by atoms with Crippen LogP contribution in [0.25, 0.3) is 0 Å². The van der Waals surface area contributed by atoms with Gasteiger partial charge in [0.05, 0.1) is 5.56 Å². The maximum Gasteiger partial charge on any atom is 0.416 e. The molecule has 2 N–H and O–H groups in total. The summed E-state index contributed by atoms with van der Waals surface area (Å²) in [5.74, 6) is -0.105. The second-order valence-electron chi connectivity index (χ2n) is 7.02. The zero-order chi connectivity index (χ0) is 20.9. The summed E-state index contributed by atoms with van der Waals surface area (Å²) < 4.78 is 71.8. The molecule has 2 aromatic rings. The van der Waals surface area contributed by atoms with Crippen LogP contribution < -0.4 is 14.8 Å².